The predicted octanol–water partition coefficient (Wildman–Crippen LogP) is 2.95. The van der Waals surface area contributed by atoms with E-state index in [1.165, 1.54) is 0 Å². The number of anilines is 1. The van der Waals surface area contributed by atoms with E-state index in [0.717, 1.165) is 56.6 Å². The molecule has 4 heteroatoms. The van der Waals surface area contributed by atoms with Gasteiger partial charge in [-0.15, -0.1) is 0 Å². The number of hydrogen-bond donors (Lipinski definition) is 1. The number of unbranched alkanes of at least 4 members (excludes halogenated alkanes) is 1. The SMILES string of the molecule is CCCCOCCN1CCCc2c(C(=O)O)cccc21. The first-order valence-electron chi connectivity index (χ1n) is 7.42. The van der Waals surface area contributed by atoms with Crippen LogP contribution in [-0.2, 0) is 11.2 Å². The van der Waals surface area contributed by atoms with Crippen LogP contribution >= 0.6 is 0 Å². The van der Waals surface area contributed by atoms with Crippen molar-refractivity contribution in [3.05, 3.63) is 29.3 Å². The molecule has 0 unspecified atom stereocenters. The molecule has 2 rings (SSSR count). The molecule has 1 N–H and O–H groups in total. The van der Waals surface area contributed by atoms with Gasteiger partial charge in [-0.05, 0) is 37.0 Å². The monoisotopic (exact) mass is 277 g/mol. The Morgan fingerprint density at radius 2 is 2.25 bits per heavy atom. The van der Waals surface area contributed by atoms with Gasteiger partial charge in [-0.2, -0.15) is 0 Å². The first-order chi connectivity index (χ1) is 9.74. The van der Waals surface area contributed by atoms with Crippen LogP contribution in [0.2, 0.25) is 0 Å². The molecule has 0 saturated heterocycles. The molecule has 1 aliphatic rings. The molecule has 0 amide bonds. The molecular formula is C16H23NO3. The average Bonchev–Trinajstić information content (AvgIpc) is 2.46. The second-order valence-electron chi connectivity index (χ2n) is 5.16. The molecule has 1 aromatic carbocycles. The molecule has 0 saturated carbocycles. The summed E-state index contributed by atoms with van der Waals surface area (Å²) < 4.78 is 5.61. The van der Waals surface area contributed by atoms with E-state index in [2.05, 4.69) is 11.8 Å². The molecule has 1 aliphatic heterocycles. The molecule has 1 heterocycles. The summed E-state index contributed by atoms with van der Waals surface area (Å²) in [7, 11) is 0. The lowest BCUT2D eigenvalue weighted by Crippen LogP contribution is -2.33. The Morgan fingerprint density at radius 3 is 3.00 bits per heavy atom. The maximum atomic E-state index is 11.3. The summed E-state index contributed by atoms with van der Waals surface area (Å²) in [5.74, 6) is -0.831. The van der Waals surface area contributed by atoms with Crippen LogP contribution in [0.4, 0.5) is 5.69 Å². The van der Waals surface area contributed by atoms with Crippen molar-refractivity contribution >= 4 is 11.7 Å². The maximum absolute atomic E-state index is 11.3. The average molecular weight is 277 g/mol. The van der Waals surface area contributed by atoms with E-state index in [1.54, 1.807) is 6.07 Å². The number of carbonyl (C=O) groups is 1. The van der Waals surface area contributed by atoms with Crippen molar-refractivity contribution in [1.82, 2.24) is 0 Å². The Balaban J connectivity index is 2.01. The summed E-state index contributed by atoms with van der Waals surface area (Å²) in [5.41, 5.74) is 2.48. The minimum absolute atomic E-state index is 0.444. The van der Waals surface area contributed by atoms with Gasteiger partial charge in [0.1, 0.15) is 0 Å². The molecule has 0 spiro atoms. The standard InChI is InChI=1S/C16H23NO3/c1-2-3-11-20-12-10-17-9-5-7-13-14(16(18)19)6-4-8-15(13)17/h4,6,8H,2-3,5,7,9-12H2,1H3,(H,18,19). The van der Waals surface area contributed by atoms with E-state index in [0.29, 0.717) is 12.2 Å². The van der Waals surface area contributed by atoms with E-state index < -0.39 is 5.97 Å². The van der Waals surface area contributed by atoms with E-state index in [1.807, 2.05) is 12.1 Å². The summed E-state index contributed by atoms with van der Waals surface area (Å²) in [6, 6.07) is 5.55. The van der Waals surface area contributed by atoms with Crippen LogP contribution in [-0.4, -0.2) is 37.4 Å². The second-order valence-corrected chi connectivity index (χ2v) is 5.16. The molecule has 0 fully saturated rings. The van der Waals surface area contributed by atoms with Gasteiger partial charge in [0.05, 0.1) is 12.2 Å². The first-order valence-corrected chi connectivity index (χ1v) is 7.42. The number of ether oxygens (including phenoxy) is 1. The zero-order valence-corrected chi connectivity index (χ0v) is 12.1. The van der Waals surface area contributed by atoms with Gasteiger partial charge >= 0.3 is 5.97 Å². The van der Waals surface area contributed by atoms with Crippen LogP contribution in [0.25, 0.3) is 0 Å². The number of aromatic carboxylic acids is 1. The Hall–Kier alpha value is -1.55. The van der Waals surface area contributed by atoms with Crippen molar-refractivity contribution < 1.29 is 14.6 Å². The highest BCUT2D eigenvalue weighted by Crippen LogP contribution is 2.29. The summed E-state index contributed by atoms with van der Waals surface area (Å²) in [6.45, 7) is 5.48. The van der Waals surface area contributed by atoms with Gasteiger partial charge in [0.25, 0.3) is 0 Å². The lowest BCUT2D eigenvalue weighted by molar-refractivity contribution is 0.0695. The van der Waals surface area contributed by atoms with Crippen LogP contribution < -0.4 is 4.90 Å². The van der Waals surface area contributed by atoms with Crippen molar-refractivity contribution in [2.45, 2.75) is 32.6 Å². The lowest BCUT2D eigenvalue weighted by Gasteiger charge is -2.32. The van der Waals surface area contributed by atoms with Crippen molar-refractivity contribution in [2.75, 3.05) is 31.2 Å². The van der Waals surface area contributed by atoms with Gasteiger partial charge < -0.3 is 14.7 Å². The normalized spacial score (nSPS) is 14.2. The molecule has 4 nitrogen and oxygen atoms in total. The van der Waals surface area contributed by atoms with Gasteiger partial charge in [0.2, 0.25) is 0 Å². The quantitative estimate of drug-likeness (QED) is 0.778. The van der Waals surface area contributed by atoms with Gasteiger partial charge in [0.15, 0.2) is 0 Å². The largest absolute Gasteiger partial charge is 0.478 e. The minimum atomic E-state index is -0.831. The molecule has 20 heavy (non-hydrogen) atoms. The summed E-state index contributed by atoms with van der Waals surface area (Å²) in [5, 5.41) is 9.26. The molecule has 1 aromatic rings. The van der Waals surface area contributed by atoms with Crippen molar-refractivity contribution in [3.63, 3.8) is 0 Å². The third kappa shape index (κ3) is 3.51. The van der Waals surface area contributed by atoms with Crippen LogP contribution in [0.1, 0.15) is 42.1 Å². The number of fused-ring (bicyclic) bond motifs is 1. The number of nitrogens with zero attached hydrogens (tertiary/aromatic N) is 1. The van der Waals surface area contributed by atoms with Crippen molar-refractivity contribution in [2.24, 2.45) is 0 Å². The second kappa shape index (κ2) is 7.29. The highest BCUT2D eigenvalue weighted by molar-refractivity contribution is 5.91. The maximum Gasteiger partial charge on any atom is 0.336 e. The molecule has 0 aliphatic carbocycles. The Kier molecular flexibility index (Phi) is 5.41. The van der Waals surface area contributed by atoms with Crippen LogP contribution in [0.3, 0.4) is 0 Å². The van der Waals surface area contributed by atoms with E-state index in [4.69, 9.17) is 4.74 Å². The van der Waals surface area contributed by atoms with Crippen LogP contribution in [0.15, 0.2) is 18.2 Å². The van der Waals surface area contributed by atoms with Gasteiger partial charge in [0, 0.05) is 25.4 Å². The van der Waals surface area contributed by atoms with E-state index in [-0.39, 0.29) is 0 Å². The summed E-state index contributed by atoms with van der Waals surface area (Å²) >= 11 is 0. The topological polar surface area (TPSA) is 49.8 Å². The molecule has 0 atom stereocenters. The lowest BCUT2D eigenvalue weighted by atomic mass is 9.96. The van der Waals surface area contributed by atoms with E-state index >= 15 is 0 Å². The Morgan fingerprint density at radius 1 is 1.40 bits per heavy atom. The third-order valence-corrected chi connectivity index (χ3v) is 3.72. The highest BCUT2D eigenvalue weighted by atomic mass is 16.5. The smallest absolute Gasteiger partial charge is 0.336 e. The number of rotatable bonds is 7. The minimum Gasteiger partial charge on any atom is -0.478 e. The summed E-state index contributed by atoms with van der Waals surface area (Å²) in [4.78, 5) is 13.5. The Bertz CT molecular complexity index is 459. The number of carboxylic acid groups (broad SMARTS) is 1. The zero-order chi connectivity index (χ0) is 14.4. The highest BCUT2D eigenvalue weighted by Gasteiger charge is 2.21. The number of carboxylic acids is 1. The molecule has 0 bridgehead atoms. The summed E-state index contributed by atoms with van der Waals surface area (Å²) in [6.07, 6.45) is 4.10. The fourth-order valence-corrected chi connectivity index (χ4v) is 2.66. The fraction of sp³-hybridized carbons (Fsp3) is 0.562. The molecule has 0 aromatic heterocycles. The molecule has 110 valence electrons. The van der Waals surface area contributed by atoms with Crippen LogP contribution in [0.5, 0.6) is 0 Å². The number of hydrogen-bond acceptors (Lipinski definition) is 3. The van der Waals surface area contributed by atoms with Crippen LogP contribution in [0, 0.1) is 0 Å². The van der Waals surface area contributed by atoms with Crippen molar-refractivity contribution in [1.29, 1.82) is 0 Å². The van der Waals surface area contributed by atoms with Gasteiger partial charge in [-0.25, -0.2) is 4.79 Å². The fourth-order valence-electron chi connectivity index (χ4n) is 2.66. The predicted molar refractivity (Wildman–Crippen MR) is 79.7 cm³/mol. The third-order valence-electron chi connectivity index (χ3n) is 3.72. The van der Waals surface area contributed by atoms with Gasteiger partial charge in [-0.1, -0.05) is 19.4 Å². The zero-order valence-electron chi connectivity index (χ0n) is 12.1. The van der Waals surface area contributed by atoms with Gasteiger partial charge in [-0.3, -0.25) is 0 Å². The number of benzene rings is 1. The first kappa shape index (κ1) is 14.9. The molecule has 0 radical (unpaired) electrons. The molecular weight excluding hydrogens is 254 g/mol. The Labute approximate surface area is 120 Å². The van der Waals surface area contributed by atoms with Crippen molar-refractivity contribution in [3.8, 4) is 0 Å². The van der Waals surface area contributed by atoms with E-state index in [9.17, 15) is 9.90 Å².